The third-order valence-corrected chi connectivity index (χ3v) is 4.07. The van der Waals surface area contributed by atoms with Gasteiger partial charge in [-0.05, 0) is 31.9 Å². The van der Waals surface area contributed by atoms with Gasteiger partial charge in [-0.2, -0.15) is 0 Å². The zero-order valence-corrected chi connectivity index (χ0v) is 12.2. The Balaban J connectivity index is 2.30. The van der Waals surface area contributed by atoms with Crippen LogP contribution in [0.5, 0.6) is 0 Å². The van der Waals surface area contributed by atoms with E-state index in [2.05, 4.69) is 10.6 Å². The van der Waals surface area contributed by atoms with Gasteiger partial charge in [0, 0.05) is 16.3 Å². The molecule has 4 nitrogen and oxygen atoms in total. The lowest BCUT2D eigenvalue weighted by atomic mass is 9.93. The van der Waals surface area contributed by atoms with Crippen LogP contribution in [-0.2, 0) is 6.54 Å². The van der Waals surface area contributed by atoms with Gasteiger partial charge in [0.15, 0.2) is 0 Å². The molecule has 0 fully saturated rings. The maximum absolute atomic E-state index is 11.6. The first-order valence-corrected chi connectivity index (χ1v) is 6.92. The first-order valence-electron chi connectivity index (χ1n) is 6.10. The van der Waals surface area contributed by atoms with Crippen LogP contribution in [0.2, 0.25) is 0 Å². The zero-order chi connectivity index (χ0) is 13.8. The SMILES string of the molecule is Cc1ccc(CNC(=O)NCC(C)(O)C(C)C)s1. The Hall–Kier alpha value is -1.07. The quantitative estimate of drug-likeness (QED) is 0.768. The predicted molar refractivity (Wildman–Crippen MR) is 74.8 cm³/mol. The fourth-order valence-corrected chi connectivity index (χ4v) is 2.10. The average molecular weight is 270 g/mol. The van der Waals surface area contributed by atoms with E-state index in [0.29, 0.717) is 6.54 Å². The normalized spacial score (nSPS) is 14.3. The van der Waals surface area contributed by atoms with Crippen LogP contribution in [-0.4, -0.2) is 23.3 Å². The topological polar surface area (TPSA) is 61.4 Å². The monoisotopic (exact) mass is 270 g/mol. The molecule has 1 aromatic rings. The molecule has 1 heterocycles. The molecule has 1 rings (SSSR count). The van der Waals surface area contributed by atoms with Gasteiger partial charge in [0.1, 0.15) is 0 Å². The summed E-state index contributed by atoms with van der Waals surface area (Å²) >= 11 is 1.67. The zero-order valence-electron chi connectivity index (χ0n) is 11.4. The number of hydrogen-bond acceptors (Lipinski definition) is 3. The van der Waals surface area contributed by atoms with Crippen LogP contribution < -0.4 is 10.6 Å². The summed E-state index contributed by atoms with van der Waals surface area (Å²) in [5, 5.41) is 15.4. The summed E-state index contributed by atoms with van der Waals surface area (Å²) in [7, 11) is 0. The molecule has 0 aliphatic heterocycles. The lowest BCUT2D eigenvalue weighted by Gasteiger charge is -2.27. The van der Waals surface area contributed by atoms with Crippen molar-refractivity contribution in [1.29, 1.82) is 0 Å². The molecule has 1 aromatic heterocycles. The number of aryl methyl sites for hydroxylation is 1. The van der Waals surface area contributed by atoms with E-state index < -0.39 is 5.60 Å². The number of thiophene rings is 1. The summed E-state index contributed by atoms with van der Waals surface area (Å²) < 4.78 is 0. The van der Waals surface area contributed by atoms with E-state index in [1.165, 1.54) is 4.88 Å². The van der Waals surface area contributed by atoms with Crippen LogP contribution in [0.4, 0.5) is 4.79 Å². The molecule has 0 aromatic carbocycles. The summed E-state index contributed by atoms with van der Waals surface area (Å²) in [5.74, 6) is 0.0951. The van der Waals surface area contributed by atoms with Crippen molar-refractivity contribution in [3.63, 3.8) is 0 Å². The number of carbonyl (C=O) groups is 1. The van der Waals surface area contributed by atoms with Crippen LogP contribution in [0.1, 0.15) is 30.5 Å². The molecule has 0 bridgehead atoms. The number of amides is 2. The molecule has 0 aliphatic carbocycles. The molecule has 0 saturated heterocycles. The minimum atomic E-state index is -0.878. The van der Waals surface area contributed by atoms with Crippen molar-refractivity contribution >= 4 is 17.4 Å². The van der Waals surface area contributed by atoms with Crippen LogP contribution >= 0.6 is 11.3 Å². The molecule has 5 heteroatoms. The van der Waals surface area contributed by atoms with E-state index >= 15 is 0 Å². The van der Waals surface area contributed by atoms with Gasteiger partial charge in [-0.3, -0.25) is 0 Å². The van der Waals surface area contributed by atoms with Gasteiger partial charge in [0.2, 0.25) is 0 Å². The van der Waals surface area contributed by atoms with Gasteiger partial charge < -0.3 is 15.7 Å². The number of rotatable bonds is 5. The van der Waals surface area contributed by atoms with Crippen LogP contribution in [0.25, 0.3) is 0 Å². The molecule has 0 saturated carbocycles. The van der Waals surface area contributed by atoms with Crippen molar-refractivity contribution in [3.05, 3.63) is 21.9 Å². The van der Waals surface area contributed by atoms with Gasteiger partial charge in [0.05, 0.1) is 12.1 Å². The highest BCUT2D eigenvalue weighted by molar-refractivity contribution is 7.11. The second-order valence-corrected chi connectivity index (χ2v) is 6.43. The highest BCUT2D eigenvalue weighted by Crippen LogP contribution is 2.15. The van der Waals surface area contributed by atoms with E-state index in [-0.39, 0.29) is 18.5 Å². The standard InChI is InChI=1S/C13H22N2O2S/c1-9(2)13(4,17)8-15-12(16)14-7-11-6-5-10(3)18-11/h5-6,9,17H,7-8H2,1-4H3,(H2,14,15,16). The number of nitrogens with one attached hydrogen (secondary N) is 2. The highest BCUT2D eigenvalue weighted by Gasteiger charge is 2.25. The largest absolute Gasteiger partial charge is 0.388 e. The van der Waals surface area contributed by atoms with Gasteiger partial charge in [-0.15, -0.1) is 11.3 Å². The first kappa shape index (κ1) is 15.0. The fraction of sp³-hybridized carbons (Fsp3) is 0.615. The third kappa shape index (κ3) is 4.66. The molecule has 2 amide bonds. The minimum Gasteiger partial charge on any atom is -0.388 e. The van der Waals surface area contributed by atoms with Gasteiger partial charge in [-0.1, -0.05) is 13.8 Å². The first-order chi connectivity index (χ1) is 8.31. The average Bonchev–Trinajstić information content (AvgIpc) is 2.69. The molecule has 3 N–H and O–H groups in total. The summed E-state index contributed by atoms with van der Waals surface area (Å²) in [5.41, 5.74) is -0.878. The van der Waals surface area contributed by atoms with E-state index in [9.17, 15) is 9.90 Å². The van der Waals surface area contributed by atoms with E-state index in [0.717, 1.165) is 4.88 Å². The van der Waals surface area contributed by atoms with Crippen LogP contribution in [0.3, 0.4) is 0 Å². The third-order valence-electron chi connectivity index (χ3n) is 3.07. The number of carbonyl (C=O) groups excluding carboxylic acids is 1. The predicted octanol–water partition coefficient (Wildman–Crippen LogP) is 2.26. The van der Waals surface area contributed by atoms with Crippen molar-refractivity contribution in [1.82, 2.24) is 10.6 Å². The lowest BCUT2D eigenvalue weighted by Crippen LogP contribution is -2.47. The maximum atomic E-state index is 11.6. The Kier molecular flexibility index (Phi) is 5.16. The van der Waals surface area contributed by atoms with Crippen molar-refractivity contribution in [2.45, 2.75) is 39.8 Å². The molecule has 18 heavy (non-hydrogen) atoms. The lowest BCUT2D eigenvalue weighted by molar-refractivity contribution is 0.0166. The second-order valence-electron chi connectivity index (χ2n) is 5.06. The van der Waals surface area contributed by atoms with Crippen LogP contribution in [0, 0.1) is 12.8 Å². The molecule has 0 spiro atoms. The fourth-order valence-electron chi connectivity index (χ4n) is 1.27. The van der Waals surface area contributed by atoms with Crippen molar-refractivity contribution < 1.29 is 9.90 Å². The van der Waals surface area contributed by atoms with Gasteiger partial charge in [0.25, 0.3) is 0 Å². The van der Waals surface area contributed by atoms with E-state index in [1.807, 2.05) is 32.9 Å². The Morgan fingerprint density at radius 3 is 2.61 bits per heavy atom. The molecule has 1 unspecified atom stereocenters. The molecular formula is C13H22N2O2S. The number of aliphatic hydroxyl groups is 1. The Labute approximate surface area is 112 Å². The summed E-state index contributed by atoms with van der Waals surface area (Å²) in [6.45, 7) is 8.38. The number of urea groups is 1. The maximum Gasteiger partial charge on any atom is 0.315 e. The summed E-state index contributed by atoms with van der Waals surface area (Å²) in [6, 6.07) is 3.79. The van der Waals surface area contributed by atoms with Crippen molar-refractivity contribution in [3.8, 4) is 0 Å². The summed E-state index contributed by atoms with van der Waals surface area (Å²) in [4.78, 5) is 13.9. The van der Waals surface area contributed by atoms with Gasteiger partial charge >= 0.3 is 6.03 Å². The Morgan fingerprint density at radius 1 is 1.44 bits per heavy atom. The summed E-state index contributed by atoms with van der Waals surface area (Å²) in [6.07, 6.45) is 0. The number of hydrogen-bond donors (Lipinski definition) is 3. The van der Waals surface area contributed by atoms with E-state index in [1.54, 1.807) is 18.3 Å². The molecule has 1 atom stereocenters. The Bertz CT molecular complexity index is 399. The molecule has 102 valence electrons. The van der Waals surface area contributed by atoms with Crippen molar-refractivity contribution in [2.75, 3.05) is 6.54 Å². The van der Waals surface area contributed by atoms with Crippen LogP contribution in [0.15, 0.2) is 12.1 Å². The highest BCUT2D eigenvalue weighted by atomic mass is 32.1. The van der Waals surface area contributed by atoms with Gasteiger partial charge in [-0.25, -0.2) is 4.79 Å². The van der Waals surface area contributed by atoms with Crippen molar-refractivity contribution in [2.24, 2.45) is 5.92 Å². The molecule has 0 radical (unpaired) electrons. The second kappa shape index (κ2) is 6.20. The minimum absolute atomic E-state index is 0.0951. The Morgan fingerprint density at radius 2 is 2.11 bits per heavy atom. The van der Waals surface area contributed by atoms with E-state index in [4.69, 9.17) is 0 Å². The smallest absolute Gasteiger partial charge is 0.315 e. The molecule has 0 aliphatic rings. The molecular weight excluding hydrogens is 248 g/mol.